The molecule has 2 aromatic carbocycles. The Morgan fingerprint density at radius 3 is 2.50 bits per heavy atom. The predicted molar refractivity (Wildman–Crippen MR) is 93.5 cm³/mol. The van der Waals surface area contributed by atoms with Gasteiger partial charge in [0.1, 0.15) is 17.4 Å². The van der Waals surface area contributed by atoms with E-state index >= 15 is 0 Å². The van der Waals surface area contributed by atoms with E-state index < -0.39 is 16.1 Å². The van der Waals surface area contributed by atoms with Crippen LogP contribution in [-0.2, 0) is 15.4 Å². The number of sulfonamides is 1. The van der Waals surface area contributed by atoms with Crippen molar-refractivity contribution in [3.63, 3.8) is 0 Å². The predicted octanol–water partition coefficient (Wildman–Crippen LogP) is 4.11. The van der Waals surface area contributed by atoms with Crippen molar-refractivity contribution in [3.8, 4) is 0 Å². The summed E-state index contributed by atoms with van der Waals surface area (Å²) in [4.78, 5) is 0.334. The third kappa shape index (κ3) is 2.36. The lowest BCUT2D eigenvalue weighted by Crippen LogP contribution is -2.20. The van der Waals surface area contributed by atoms with Crippen molar-refractivity contribution < 1.29 is 12.8 Å². The van der Waals surface area contributed by atoms with Crippen LogP contribution in [0.2, 0.25) is 0 Å². The maximum atomic E-state index is 12.5. The van der Waals surface area contributed by atoms with Crippen LogP contribution >= 0.6 is 0 Å². The van der Waals surface area contributed by atoms with Gasteiger partial charge in [0.05, 0.1) is 4.90 Å². The molecule has 1 atom stereocenters. The zero-order valence-electron chi connectivity index (χ0n) is 13.8. The Labute approximate surface area is 141 Å². The first kappa shape index (κ1) is 15.4. The van der Waals surface area contributed by atoms with Crippen molar-refractivity contribution in [2.24, 2.45) is 0 Å². The molecule has 1 unspecified atom stereocenters. The lowest BCUT2D eigenvalue weighted by Gasteiger charge is -2.20. The van der Waals surface area contributed by atoms with Crippen molar-refractivity contribution >= 4 is 21.0 Å². The van der Waals surface area contributed by atoms with Crippen molar-refractivity contribution in [2.45, 2.75) is 37.1 Å². The van der Waals surface area contributed by atoms with Gasteiger partial charge in [-0.25, -0.2) is 8.42 Å². The van der Waals surface area contributed by atoms with Gasteiger partial charge >= 0.3 is 0 Å². The number of benzene rings is 2. The molecule has 0 spiro atoms. The minimum atomic E-state index is -3.51. The number of furan rings is 1. The summed E-state index contributed by atoms with van der Waals surface area (Å²) < 4.78 is 33.6. The first-order chi connectivity index (χ1) is 11.3. The minimum absolute atomic E-state index is 0.0557. The molecule has 0 saturated carbocycles. The van der Waals surface area contributed by atoms with Gasteiger partial charge < -0.3 is 4.42 Å². The maximum Gasteiger partial charge on any atom is 0.241 e. The molecule has 3 aromatic rings. The van der Waals surface area contributed by atoms with E-state index in [2.05, 4.69) is 25.5 Å². The van der Waals surface area contributed by atoms with Crippen molar-refractivity contribution in [1.82, 2.24) is 4.72 Å². The van der Waals surface area contributed by atoms with Crippen LogP contribution in [0.4, 0.5) is 0 Å². The Balaban J connectivity index is 1.90. The van der Waals surface area contributed by atoms with E-state index in [1.807, 2.05) is 42.5 Å². The molecule has 0 saturated heterocycles. The van der Waals surface area contributed by atoms with Crippen LogP contribution in [0.25, 0.3) is 11.0 Å². The van der Waals surface area contributed by atoms with Crippen LogP contribution in [0.1, 0.15) is 43.7 Å². The average Bonchev–Trinajstić information content (AvgIpc) is 3.05. The SMILES string of the molecule is CC(C)(C)c1ccc2c(c1)C(c1cc3ccccc3o1)NS2(=O)=O. The van der Waals surface area contributed by atoms with Crippen LogP contribution in [0.3, 0.4) is 0 Å². The van der Waals surface area contributed by atoms with Gasteiger partial charge in [-0.1, -0.05) is 51.1 Å². The molecule has 0 amide bonds. The van der Waals surface area contributed by atoms with E-state index in [9.17, 15) is 8.42 Å². The quantitative estimate of drug-likeness (QED) is 0.724. The van der Waals surface area contributed by atoms with Crippen LogP contribution in [0.15, 0.2) is 57.8 Å². The van der Waals surface area contributed by atoms with E-state index in [4.69, 9.17) is 4.42 Å². The lowest BCUT2D eigenvalue weighted by molar-refractivity contribution is 0.507. The first-order valence-electron chi connectivity index (χ1n) is 7.91. The molecule has 1 aliphatic heterocycles. The number of hydrogen-bond acceptors (Lipinski definition) is 3. The summed E-state index contributed by atoms with van der Waals surface area (Å²) in [7, 11) is -3.51. The van der Waals surface area contributed by atoms with Crippen molar-refractivity contribution in [2.75, 3.05) is 0 Å². The van der Waals surface area contributed by atoms with Gasteiger partial charge in [-0.2, -0.15) is 4.72 Å². The molecule has 0 fully saturated rings. The van der Waals surface area contributed by atoms with E-state index in [0.29, 0.717) is 10.7 Å². The number of hydrogen-bond donors (Lipinski definition) is 1. The smallest absolute Gasteiger partial charge is 0.241 e. The molecule has 0 bridgehead atoms. The van der Waals surface area contributed by atoms with Gasteiger partial charge in [-0.15, -0.1) is 0 Å². The van der Waals surface area contributed by atoms with Gasteiger partial charge in [0.15, 0.2) is 0 Å². The molecule has 1 aromatic heterocycles. The summed E-state index contributed by atoms with van der Waals surface area (Å²) in [5, 5.41) is 0.965. The van der Waals surface area contributed by atoms with E-state index in [-0.39, 0.29) is 5.41 Å². The minimum Gasteiger partial charge on any atom is -0.459 e. The molecule has 2 heterocycles. The number of rotatable bonds is 1. The third-order valence-corrected chi connectivity index (χ3v) is 5.98. The van der Waals surface area contributed by atoms with Gasteiger partial charge in [0, 0.05) is 5.39 Å². The fourth-order valence-electron chi connectivity index (χ4n) is 3.12. The van der Waals surface area contributed by atoms with E-state index in [0.717, 1.165) is 22.1 Å². The van der Waals surface area contributed by atoms with Gasteiger partial charge in [0.2, 0.25) is 10.0 Å². The Hall–Kier alpha value is -2.11. The fourth-order valence-corrected chi connectivity index (χ4v) is 4.54. The molecule has 4 rings (SSSR count). The standard InChI is InChI=1S/C19H19NO3S/c1-19(2,3)13-8-9-17-14(11-13)18(20-24(17,21)22)16-10-12-6-4-5-7-15(12)23-16/h4-11,18,20H,1-3H3. The highest BCUT2D eigenvalue weighted by Crippen LogP contribution is 2.39. The molecule has 24 heavy (non-hydrogen) atoms. The van der Waals surface area contributed by atoms with Crippen LogP contribution in [0.5, 0.6) is 0 Å². The Kier molecular flexibility index (Phi) is 3.18. The van der Waals surface area contributed by atoms with E-state index in [1.165, 1.54) is 0 Å². The monoisotopic (exact) mass is 341 g/mol. The molecular weight excluding hydrogens is 322 g/mol. The zero-order chi connectivity index (χ0) is 17.1. The molecule has 4 nitrogen and oxygen atoms in total. The summed E-state index contributed by atoms with van der Waals surface area (Å²) in [5.74, 6) is 0.615. The Morgan fingerprint density at radius 2 is 1.79 bits per heavy atom. The van der Waals surface area contributed by atoms with Crippen LogP contribution in [0, 0.1) is 0 Å². The van der Waals surface area contributed by atoms with Crippen LogP contribution < -0.4 is 4.72 Å². The highest BCUT2D eigenvalue weighted by atomic mass is 32.2. The molecule has 1 aliphatic rings. The molecule has 0 radical (unpaired) electrons. The van der Waals surface area contributed by atoms with Crippen molar-refractivity contribution in [1.29, 1.82) is 0 Å². The van der Waals surface area contributed by atoms with Gasteiger partial charge in [-0.3, -0.25) is 0 Å². The second-order valence-corrected chi connectivity index (χ2v) is 8.93. The number of fused-ring (bicyclic) bond motifs is 2. The highest BCUT2D eigenvalue weighted by molar-refractivity contribution is 7.89. The van der Waals surface area contributed by atoms with Crippen molar-refractivity contribution in [3.05, 3.63) is 65.4 Å². The topological polar surface area (TPSA) is 59.3 Å². The summed E-state index contributed by atoms with van der Waals surface area (Å²) in [6.45, 7) is 6.34. The van der Waals surface area contributed by atoms with Crippen LogP contribution in [-0.4, -0.2) is 8.42 Å². The molecular formula is C19H19NO3S. The number of nitrogens with one attached hydrogen (secondary N) is 1. The average molecular weight is 341 g/mol. The normalized spacial score (nSPS) is 19.5. The summed E-state index contributed by atoms with van der Waals surface area (Å²) >= 11 is 0. The highest BCUT2D eigenvalue weighted by Gasteiger charge is 2.37. The fraction of sp³-hybridized carbons (Fsp3) is 0.263. The molecule has 5 heteroatoms. The molecule has 124 valence electrons. The Bertz CT molecular complexity index is 1010. The second kappa shape index (κ2) is 4.94. The number of para-hydroxylation sites is 1. The molecule has 1 N–H and O–H groups in total. The maximum absolute atomic E-state index is 12.5. The summed E-state index contributed by atoms with van der Waals surface area (Å²) in [6, 6.07) is 14.7. The largest absolute Gasteiger partial charge is 0.459 e. The second-order valence-electron chi connectivity index (χ2n) is 7.24. The van der Waals surface area contributed by atoms with Gasteiger partial charge in [0.25, 0.3) is 0 Å². The Morgan fingerprint density at radius 1 is 1.04 bits per heavy atom. The lowest BCUT2D eigenvalue weighted by atomic mass is 9.85. The zero-order valence-corrected chi connectivity index (χ0v) is 14.6. The summed E-state index contributed by atoms with van der Waals surface area (Å²) in [5.41, 5.74) is 2.55. The third-order valence-electron chi connectivity index (χ3n) is 4.48. The molecule has 0 aliphatic carbocycles. The van der Waals surface area contributed by atoms with Gasteiger partial charge in [-0.05, 0) is 34.7 Å². The first-order valence-corrected chi connectivity index (χ1v) is 9.39. The summed E-state index contributed by atoms with van der Waals surface area (Å²) in [6.07, 6.45) is 0. The van der Waals surface area contributed by atoms with E-state index in [1.54, 1.807) is 6.07 Å².